The first-order valence-electron chi connectivity index (χ1n) is 9.59. The van der Waals surface area contributed by atoms with E-state index in [1.165, 1.54) is 38.5 Å². The second kappa shape index (κ2) is 5.28. The van der Waals surface area contributed by atoms with Crippen LogP contribution in [0.5, 0.6) is 5.75 Å². The second-order valence-corrected chi connectivity index (χ2v) is 9.51. The van der Waals surface area contributed by atoms with Crippen LogP contribution in [0.15, 0.2) is 24.3 Å². The van der Waals surface area contributed by atoms with Crippen LogP contribution in [0.4, 0.5) is 0 Å². The van der Waals surface area contributed by atoms with Crippen molar-refractivity contribution in [2.75, 3.05) is 7.11 Å². The van der Waals surface area contributed by atoms with Gasteiger partial charge < -0.3 is 4.74 Å². The number of methoxy groups -OCH3 is 1. The summed E-state index contributed by atoms with van der Waals surface area (Å²) in [5, 5.41) is 15.1. The van der Waals surface area contributed by atoms with Gasteiger partial charge in [0.25, 0.3) is 0 Å². The molecule has 0 radical (unpaired) electrons. The Morgan fingerprint density at radius 1 is 1.00 bits per heavy atom. The molecule has 0 amide bonds. The van der Waals surface area contributed by atoms with Crippen LogP contribution in [-0.4, -0.2) is 26.9 Å². The third-order valence-corrected chi connectivity index (χ3v) is 7.79. The Morgan fingerprint density at radius 2 is 1.65 bits per heavy atom. The van der Waals surface area contributed by atoms with Crippen LogP contribution in [0, 0.1) is 17.8 Å². The minimum Gasteiger partial charge on any atom is -0.497 e. The summed E-state index contributed by atoms with van der Waals surface area (Å²) in [6.45, 7) is 0. The smallest absolute Gasteiger partial charge is 0.235 e. The maximum absolute atomic E-state index is 5.26. The molecule has 6 heteroatoms. The number of ether oxygens (including phenoxy) is 1. The molecule has 26 heavy (non-hydrogen) atoms. The van der Waals surface area contributed by atoms with Gasteiger partial charge in [-0.1, -0.05) is 11.3 Å². The minimum atomic E-state index is 0.222. The highest BCUT2D eigenvalue weighted by atomic mass is 32.1. The summed E-state index contributed by atoms with van der Waals surface area (Å²) in [5.41, 5.74) is 1.33. The van der Waals surface area contributed by atoms with Gasteiger partial charge in [-0.2, -0.15) is 9.61 Å². The van der Waals surface area contributed by atoms with Crippen LogP contribution >= 0.6 is 11.3 Å². The molecule has 7 rings (SSSR count). The Bertz CT molecular complexity index is 938. The number of aromatic nitrogens is 4. The molecule has 134 valence electrons. The first-order chi connectivity index (χ1) is 12.7. The van der Waals surface area contributed by atoms with Crippen molar-refractivity contribution in [1.82, 2.24) is 19.8 Å². The third kappa shape index (κ3) is 2.11. The summed E-state index contributed by atoms with van der Waals surface area (Å²) < 4.78 is 7.31. The van der Waals surface area contributed by atoms with Crippen LogP contribution in [0.1, 0.15) is 44.3 Å². The van der Waals surface area contributed by atoms with Crippen molar-refractivity contribution in [2.45, 2.75) is 43.9 Å². The monoisotopic (exact) mass is 366 g/mol. The van der Waals surface area contributed by atoms with E-state index in [1.54, 1.807) is 18.4 Å². The number of benzene rings is 1. The number of fused-ring (bicyclic) bond motifs is 1. The van der Waals surface area contributed by atoms with Crippen molar-refractivity contribution in [3.05, 3.63) is 30.1 Å². The van der Waals surface area contributed by atoms with Gasteiger partial charge >= 0.3 is 0 Å². The second-order valence-electron chi connectivity index (χ2n) is 8.55. The lowest BCUT2D eigenvalue weighted by Gasteiger charge is -2.55. The summed E-state index contributed by atoms with van der Waals surface area (Å²) in [6, 6.07) is 8.10. The largest absolute Gasteiger partial charge is 0.497 e. The molecule has 0 saturated heterocycles. The lowest BCUT2D eigenvalue weighted by atomic mass is 9.49. The highest BCUT2D eigenvalue weighted by Gasteiger charge is 2.54. The van der Waals surface area contributed by atoms with Crippen LogP contribution in [0.25, 0.3) is 15.5 Å². The predicted molar refractivity (Wildman–Crippen MR) is 100 cm³/mol. The average Bonchev–Trinajstić information content (AvgIpc) is 3.21. The topological polar surface area (TPSA) is 52.3 Å². The van der Waals surface area contributed by atoms with Crippen molar-refractivity contribution >= 4 is 16.3 Å². The van der Waals surface area contributed by atoms with Crippen molar-refractivity contribution in [3.63, 3.8) is 0 Å². The Kier molecular flexibility index (Phi) is 3.08. The molecule has 0 N–H and O–H groups in total. The van der Waals surface area contributed by atoms with E-state index in [-0.39, 0.29) is 5.41 Å². The molecule has 4 bridgehead atoms. The van der Waals surface area contributed by atoms with Crippen LogP contribution in [0.3, 0.4) is 0 Å². The fourth-order valence-electron chi connectivity index (χ4n) is 6.18. The molecule has 4 saturated carbocycles. The van der Waals surface area contributed by atoms with Gasteiger partial charge in [0, 0.05) is 11.0 Å². The molecule has 4 aliphatic rings. The normalized spacial score (nSPS) is 32.4. The van der Waals surface area contributed by atoms with Crippen molar-refractivity contribution < 1.29 is 4.74 Å². The molecule has 0 spiro atoms. The van der Waals surface area contributed by atoms with Gasteiger partial charge in [0.1, 0.15) is 10.8 Å². The molecule has 1 aromatic carbocycles. The maximum atomic E-state index is 5.26. The highest BCUT2D eigenvalue weighted by molar-refractivity contribution is 7.19. The van der Waals surface area contributed by atoms with E-state index >= 15 is 0 Å². The molecule has 3 aromatic rings. The highest BCUT2D eigenvalue weighted by Crippen LogP contribution is 2.60. The summed E-state index contributed by atoms with van der Waals surface area (Å²) in [4.78, 5) is 0.918. The summed E-state index contributed by atoms with van der Waals surface area (Å²) in [7, 11) is 1.69. The fourth-order valence-corrected chi connectivity index (χ4v) is 7.03. The molecule has 0 unspecified atom stereocenters. The summed E-state index contributed by atoms with van der Waals surface area (Å²) in [6.07, 6.45) is 8.18. The van der Waals surface area contributed by atoms with Crippen LogP contribution in [-0.2, 0) is 5.41 Å². The maximum Gasteiger partial charge on any atom is 0.235 e. The van der Waals surface area contributed by atoms with Crippen molar-refractivity contribution in [1.29, 1.82) is 0 Å². The zero-order valence-electron chi connectivity index (χ0n) is 14.9. The van der Waals surface area contributed by atoms with Gasteiger partial charge in [0.2, 0.25) is 4.96 Å². The summed E-state index contributed by atoms with van der Waals surface area (Å²) in [5.74, 6) is 4.68. The van der Waals surface area contributed by atoms with Crippen molar-refractivity contribution in [2.24, 2.45) is 17.8 Å². The molecule has 0 atom stereocenters. The minimum absolute atomic E-state index is 0.222. The van der Waals surface area contributed by atoms with E-state index in [1.807, 2.05) is 12.1 Å². The van der Waals surface area contributed by atoms with Crippen molar-refractivity contribution in [3.8, 4) is 16.3 Å². The number of nitrogens with zero attached hydrogens (tertiary/aromatic N) is 4. The number of hydrogen-bond donors (Lipinski definition) is 0. The Hall–Kier alpha value is -1.95. The lowest BCUT2D eigenvalue weighted by molar-refractivity contribution is -0.0103. The van der Waals surface area contributed by atoms with E-state index in [0.717, 1.165) is 44.9 Å². The zero-order valence-corrected chi connectivity index (χ0v) is 15.7. The van der Waals surface area contributed by atoms with Gasteiger partial charge in [-0.15, -0.1) is 10.2 Å². The van der Waals surface area contributed by atoms with Gasteiger partial charge in [0.05, 0.1) is 7.11 Å². The molecule has 4 aliphatic carbocycles. The number of rotatable bonds is 3. The third-order valence-electron chi connectivity index (χ3n) is 6.84. The van der Waals surface area contributed by atoms with Gasteiger partial charge in [-0.25, -0.2) is 0 Å². The quantitative estimate of drug-likeness (QED) is 0.692. The molecular formula is C20H22N4OS. The molecule has 5 nitrogen and oxygen atoms in total. The molecule has 2 heterocycles. The molecule has 0 aliphatic heterocycles. The molecule has 4 fully saturated rings. The SMILES string of the molecule is COc1ccc(-c2nn3c(C45CC6CC(CC(C6)C4)C5)nnc3s2)cc1. The van der Waals surface area contributed by atoms with Gasteiger partial charge in [-0.05, 0) is 80.5 Å². The van der Waals surface area contributed by atoms with E-state index < -0.39 is 0 Å². The van der Waals surface area contributed by atoms with E-state index in [9.17, 15) is 0 Å². The van der Waals surface area contributed by atoms with Gasteiger partial charge in [0.15, 0.2) is 5.82 Å². The Balaban J connectivity index is 1.42. The fraction of sp³-hybridized carbons (Fsp3) is 0.550. The van der Waals surface area contributed by atoms with E-state index in [4.69, 9.17) is 9.84 Å². The lowest BCUT2D eigenvalue weighted by Crippen LogP contribution is -2.49. The zero-order chi connectivity index (χ0) is 17.3. The van der Waals surface area contributed by atoms with E-state index in [2.05, 4.69) is 26.8 Å². The summed E-state index contributed by atoms with van der Waals surface area (Å²) >= 11 is 1.63. The average molecular weight is 366 g/mol. The van der Waals surface area contributed by atoms with Gasteiger partial charge in [-0.3, -0.25) is 0 Å². The molecular weight excluding hydrogens is 344 g/mol. The van der Waals surface area contributed by atoms with E-state index in [0.29, 0.717) is 0 Å². The van der Waals surface area contributed by atoms with Crippen LogP contribution in [0.2, 0.25) is 0 Å². The number of hydrogen-bond acceptors (Lipinski definition) is 5. The molecule has 2 aromatic heterocycles. The Morgan fingerprint density at radius 3 is 2.27 bits per heavy atom. The van der Waals surface area contributed by atoms with Crippen LogP contribution < -0.4 is 4.74 Å². The first-order valence-corrected chi connectivity index (χ1v) is 10.4. The first kappa shape index (κ1) is 15.1. The standard InChI is InChI=1S/C20H22N4OS/c1-25-16-4-2-15(3-5-16)17-23-24-18(21-22-19(24)26-17)20-9-12-6-13(10-20)8-14(7-12)11-20/h2-5,12-14H,6-11H2,1H3. The predicted octanol–water partition coefficient (Wildman–Crippen LogP) is 4.33. The Labute approximate surface area is 156 Å².